The maximum absolute atomic E-state index is 13.9. The van der Waals surface area contributed by atoms with Crippen molar-refractivity contribution in [1.29, 1.82) is 0 Å². The van der Waals surface area contributed by atoms with Gasteiger partial charge in [0.2, 0.25) is 0 Å². The number of fused-ring (bicyclic) bond motifs is 1. The van der Waals surface area contributed by atoms with Crippen LogP contribution in [0.1, 0.15) is 55.0 Å². The zero-order chi connectivity index (χ0) is 23.6. The van der Waals surface area contributed by atoms with E-state index in [1.165, 1.54) is 0 Å². The molecule has 2 aromatic carbocycles. The fourth-order valence-corrected chi connectivity index (χ4v) is 4.36. The number of carbonyl (C=O) groups is 1. The minimum atomic E-state index is -0.559. The van der Waals surface area contributed by atoms with Crippen LogP contribution in [0, 0.1) is 6.92 Å². The van der Waals surface area contributed by atoms with Crippen LogP contribution in [-0.2, 0) is 17.6 Å². The lowest BCUT2D eigenvalue weighted by molar-refractivity contribution is 0.0258. The Morgan fingerprint density at radius 1 is 0.939 bits per heavy atom. The molecule has 4 rings (SSSR count). The molecule has 0 unspecified atom stereocenters. The van der Waals surface area contributed by atoms with Crippen molar-refractivity contribution in [3.63, 3.8) is 0 Å². The molecule has 6 nitrogen and oxygen atoms in total. The molecule has 33 heavy (non-hydrogen) atoms. The number of hydrogen-bond acceptors (Lipinski definition) is 4. The molecular weight excluding hydrogens is 414 g/mol. The van der Waals surface area contributed by atoms with Gasteiger partial charge in [-0.2, -0.15) is 0 Å². The quantitative estimate of drug-likeness (QED) is 0.594. The van der Waals surface area contributed by atoms with E-state index in [2.05, 4.69) is 0 Å². The van der Waals surface area contributed by atoms with Gasteiger partial charge in [-0.25, -0.2) is 9.78 Å². The molecule has 0 saturated heterocycles. The third kappa shape index (κ3) is 5.00. The summed E-state index contributed by atoms with van der Waals surface area (Å²) < 4.78 is 7.34. The second kappa shape index (κ2) is 9.22. The van der Waals surface area contributed by atoms with Crippen molar-refractivity contribution in [2.45, 2.75) is 52.2 Å². The van der Waals surface area contributed by atoms with Crippen molar-refractivity contribution in [2.75, 3.05) is 13.1 Å². The number of hydrogen-bond donors (Lipinski definition) is 0. The zero-order valence-corrected chi connectivity index (χ0v) is 19.7. The van der Waals surface area contributed by atoms with Crippen LogP contribution in [0.3, 0.4) is 0 Å². The average Bonchev–Trinajstić information content (AvgIpc) is 2.99. The molecule has 0 bridgehead atoms. The van der Waals surface area contributed by atoms with Crippen LogP contribution >= 0.6 is 0 Å². The second-order valence-electron chi connectivity index (χ2n) is 9.45. The lowest BCUT2D eigenvalue weighted by Gasteiger charge is -2.26. The van der Waals surface area contributed by atoms with Crippen LogP contribution in [0.15, 0.2) is 65.5 Å². The molecule has 6 heteroatoms. The van der Waals surface area contributed by atoms with Gasteiger partial charge in [0.1, 0.15) is 11.4 Å². The Morgan fingerprint density at radius 3 is 2.03 bits per heavy atom. The van der Waals surface area contributed by atoms with Crippen LogP contribution in [0.2, 0.25) is 0 Å². The van der Waals surface area contributed by atoms with E-state index in [1.54, 1.807) is 9.47 Å². The molecule has 1 aliphatic heterocycles. The van der Waals surface area contributed by atoms with E-state index in [-0.39, 0.29) is 17.7 Å². The maximum atomic E-state index is 13.9. The summed E-state index contributed by atoms with van der Waals surface area (Å²) in [6.07, 6.45) is 0.642. The molecule has 1 aromatic heterocycles. The highest BCUT2D eigenvalue weighted by atomic mass is 16.6. The van der Waals surface area contributed by atoms with E-state index in [0.717, 1.165) is 16.8 Å². The average molecular weight is 446 g/mol. The van der Waals surface area contributed by atoms with E-state index in [0.29, 0.717) is 37.3 Å². The van der Waals surface area contributed by atoms with Crippen molar-refractivity contribution in [1.82, 2.24) is 14.5 Å². The summed E-state index contributed by atoms with van der Waals surface area (Å²) in [4.78, 5) is 33.0. The van der Waals surface area contributed by atoms with Crippen molar-refractivity contribution >= 4 is 6.09 Å². The fourth-order valence-electron chi connectivity index (χ4n) is 4.36. The van der Waals surface area contributed by atoms with E-state index >= 15 is 0 Å². The molecule has 0 saturated carbocycles. The first-order valence-electron chi connectivity index (χ1n) is 11.4. The standard InChI is InChI=1S/C27H31N3O3/c1-19-28-23-16-18-29(26(32)33-27(2,3)4)17-15-22(23)25(31)30(19)24(20-11-7-5-8-12-20)21-13-9-6-10-14-21/h5-14,24H,15-18H2,1-4H3. The smallest absolute Gasteiger partial charge is 0.410 e. The highest BCUT2D eigenvalue weighted by Crippen LogP contribution is 2.27. The lowest BCUT2D eigenvalue weighted by Crippen LogP contribution is -2.38. The van der Waals surface area contributed by atoms with Gasteiger partial charge in [0, 0.05) is 25.1 Å². The Bertz CT molecular complexity index is 1140. The molecule has 2 heterocycles. The Balaban J connectivity index is 1.74. The van der Waals surface area contributed by atoms with Crippen LogP contribution in [0.25, 0.3) is 0 Å². The number of nitrogens with zero attached hydrogens (tertiary/aromatic N) is 3. The highest BCUT2D eigenvalue weighted by Gasteiger charge is 2.28. The summed E-state index contributed by atoms with van der Waals surface area (Å²) in [5.74, 6) is 0.669. The van der Waals surface area contributed by atoms with Crippen LogP contribution in [0.4, 0.5) is 4.79 Å². The van der Waals surface area contributed by atoms with Crippen molar-refractivity contribution in [3.8, 4) is 0 Å². The number of carbonyl (C=O) groups excluding carboxylic acids is 1. The number of ether oxygens (including phenoxy) is 1. The van der Waals surface area contributed by atoms with Gasteiger partial charge >= 0.3 is 6.09 Å². The van der Waals surface area contributed by atoms with Crippen molar-refractivity contribution in [3.05, 3.63) is 99.2 Å². The van der Waals surface area contributed by atoms with Crippen molar-refractivity contribution < 1.29 is 9.53 Å². The number of aryl methyl sites for hydroxylation is 1. The fraction of sp³-hybridized carbons (Fsp3) is 0.370. The van der Waals surface area contributed by atoms with Gasteiger partial charge in [-0.3, -0.25) is 9.36 Å². The van der Waals surface area contributed by atoms with Crippen LogP contribution in [-0.4, -0.2) is 39.2 Å². The SMILES string of the molecule is Cc1nc2c(c(=O)n1C(c1ccccc1)c1ccccc1)CCN(C(=O)OC(C)(C)C)CC2. The Morgan fingerprint density at radius 2 is 1.48 bits per heavy atom. The van der Waals surface area contributed by atoms with Crippen molar-refractivity contribution in [2.24, 2.45) is 0 Å². The van der Waals surface area contributed by atoms with Gasteiger partial charge in [0.25, 0.3) is 5.56 Å². The number of aromatic nitrogens is 2. The summed E-state index contributed by atoms with van der Waals surface area (Å²) in [6.45, 7) is 8.37. The first-order chi connectivity index (χ1) is 15.7. The third-order valence-electron chi connectivity index (χ3n) is 5.86. The predicted molar refractivity (Wildman–Crippen MR) is 129 cm³/mol. The van der Waals surface area contributed by atoms with E-state index in [1.807, 2.05) is 88.4 Å². The number of benzene rings is 2. The minimum absolute atomic E-state index is 0.0405. The molecule has 3 aromatic rings. The highest BCUT2D eigenvalue weighted by molar-refractivity contribution is 5.68. The zero-order valence-electron chi connectivity index (χ0n) is 19.7. The largest absolute Gasteiger partial charge is 0.444 e. The topological polar surface area (TPSA) is 64.4 Å². The summed E-state index contributed by atoms with van der Waals surface area (Å²) in [5.41, 5.74) is 2.92. The van der Waals surface area contributed by atoms with Gasteiger partial charge < -0.3 is 9.64 Å². The molecule has 0 spiro atoms. The normalized spacial score (nSPS) is 14.0. The van der Waals surface area contributed by atoms with Gasteiger partial charge in [-0.05, 0) is 45.2 Å². The van der Waals surface area contributed by atoms with E-state index in [9.17, 15) is 9.59 Å². The van der Waals surface area contributed by atoms with Gasteiger partial charge in [-0.15, -0.1) is 0 Å². The van der Waals surface area contributed by atoms with Gasteiger partial charge in [0.15, 0.2) is 0 Å². The first-order valence-corrected chi connectivity index (χ1v) is 11.4. The molecule has 1 amide bonds. The van der Waals surface area contributed by atoms with Crippen LogP contribution in [0.5, 0.6) is 0 Å². The Hall–Kier alpha value is -3.41. The molecule has 1 aliphatic rings. The number of rotatable bonds is 3. The molecule has 0 radical (unpaired) electrons. The van der Waals surface area contributed by atoms with Gasteiger partial charge in [-0.1, -0.05) is 60.7 Å². The van der Waals surface area contributed by atoms with Crippen LogP contribution < -0.4 is 5.56 Å². The molecular formula is C27H31N3O3. The lowest BCUT2D eigenvalue weighted by atomic mass is 9.97. The second-order valence-corrected chi connectivity index (χ2v) is 9.45. The maximum Gasteiger partial charge on any atom is 0.410 e. The molecule has 0 atom stereocenters. The van der Waals surface area contributed by atoms with E-state index in [4.69, 9.17) is 9.72 Å². The van der Waals surface area contributed by atoms with E-state index < -0.39 is 5.60 Å². The predicted octanol–water partition coefficient (Wildman–Crippen LogP) is 4.53. The Kier molecular flexibility index (Phi) is 6.36. The summed E-state index contributed by atoms with van der Waals surface area (Å²) in [7, 11) is 0. The molecule has 172 valence electrons. The van der Waals surface area contributed by atoms with Gasteiger partial charge in [0.05, 0.1) is 11.7 Å². The summed E-state index contributed by atoms with van der Waals surface area (Å²) in [5, 5.41) is 0. The summed E-state index contributed by atoms with van der Waals surface area (Å²) >= 11 is 0. The third-order valence-corrected chi connectivity index (χ3v) is 5.86. The molecule has 0 N–H and O–H groups in total. The first kappa shape index (κ1) is 22.8. The molecule has 0 aliphatic carbocycles. The molecule has 0 fully saturated rings. The monoisotopic (exact) mass is 445 g/mol. The Labute approximate surface area is 194 Å². The minimum Gasteiger partial charge on any atom is -0.444 e. The summed E-state index contributed by atoms with van der Waals surface area (Å²) in [6, 6.07) is 19.8. The number of amides is 1.